The normalized spacial score (nSPS) is 10.1. The molecular weight excluding hydrogens is 254 g/mol. The fourth-order valence-corrected chi connectivity index (χ4v) is 2.05. The van der Waals surface area contributed by atoms with E-state index < -0.39 is 5.97 Å². The van der Waals surface area contributed by atoms with Crippen LogP contribution in [-0.4, -0.2) is 12.6 Å². The Morgan fingerprint density at radius 1 is 1.30 bits per heavy atom. The number of carbonyl (C=O) groups excluding carboxylic acids is 1. The number of hydrogen-bond donors (Lipinski definition) is 0. The maximum absolute atomic E-state index is 12.0. The number of carbonyl (C=O) groups is 1. The van der Waals surface area contributed by atoms with Gasteiger partial charge in [-0.15, -0.1) is 0 Å². The highest BCUT2D eigenvalue weighted by molar-refractivity contribution is 5.95. The highest BCUT2D eigenvalue weighted by atomic mass is 16.5. The monoisotopic (exact) mass is 269 g/mol. The minimum Gasteiger partial charge on any atom is -0.462 e. The van der Waals surface area contributed by atoms with Crippen molar-refractivity contribution in [1.82, 2.24) is 0 Å². The molecule has 4 heteroatoms. The number of hydrogen-bond acceptors (Lipinski definition) is 4. The fourth-order valence-electron chi connectivity index (χ4n) is 2.05. The lowest BCUT2D eigenvalue weighted by atomic mass is 10.0. The van der Waals surface area contributed by atoms with Gasteiger partial charge in [-0.25, -0.2) is 4.79 Å². The van der Waals surface area contributed by atoms with E-state index in [2.05, 4.69) is 6.07 Å². The summed E-state index contributed by atoms with van der Waals surface area (Å²) in [6.07, 6.45) is 0.523. The van der Waals surface area contributed by atoms with Crippen molar-refractivity contribution in [2.24, 2.45) is 0 Å². The van der Waals surface area contributed by atoms with E-state index in [0.29, 0.717) is 17.9 Å². The molecule has 102 valence electrons. The molecule has 20 heavy (non-hydrogen) atoms. The Labute approximate surface area is 117 Å². The molecule has 0 fully saturated rings. The Hall–Kier alpha value is -2.54. The maximum atomic E-state index is 12.0. The molecule has 0 saturated carbocycles. The van der Waals surface area contributed by atoms with Gasteiger partial charge in [0.05, 0.1) is 6.61 Å². The smallest absolute Gasteiger partial charge is 0.343 e. The van der Waals surface area contributed by atoms with E-state index in [1.54, 1.807) is 6.92 Å². The highest BCUT2D eigenvalue weighted by Gasteiger charge is 2.26. The largest absolute Gasteiger partial charge is 0.462 e. The van der Waals surface area contributed by atoms with Gasteiger partial charge >= 0.3 is 5.97 Å². The number of ether oxygens (including phenoxy) is 1. The molecule has 1 aromatic heterocycles. The summed E-state index contributed by atoms with van der Waals surface area (Å²) in [5, 5.41) is 9.37. The molecule has 0 amide bonds. The number of aryl methyl sites for hydroxylation is 1. The molecule has 0 bridgehead atoms. The second kappa shape index (κ2) is 6.07. The third-order valence-electron chi connectivity index (χ3n) is 2.93. The average Bonchev–Trinajstić information content (AvgIpc) is 2.87. The molecule has 0 saturated heterocycles. The SMILES string of the molecule is CCOC(=O)c1c(CC)oc(-c2ccccc2)c1C#N. The molecule has 0 spiro atoms. The van der Waals surface area contributed by atoms with E-state index in [1.165, 1.54) is 0 Å². The number of furan rings is 1. The second-order valence-corrected chi connectivity index (χ2v) is 4.16. The summed E-state index contributed by atoms with van der Waals surface area (Å²) >= 11 is 0. The molecule has 4 nitrogen and oxygen atoms in total. The van der Waals surface area contributed by atoms with Crippen LogP contribution in [0.5, 0.6) is 0 Å². The standard InChI is InChI=1S/C16H15NO3/c1-3-13-14(16(18)19-4-2)12(10-17)15(20-13)11-8-6-5-7-9-11/h5-9H,3-4H2,1-2H3. The first-order valence-corrected chi connectivity index (χ1v) is 6.51. The second-order valence-electron chi connectivity index (χ2n) is 4.16. The van der Waals surface area contributed by atoms with E-state index in [1.807, 2.05) is 37.3 Å². The zero-order valence-corrected chi connectivity index (χ0v) is 11.5. The Bertz CT molecular complexity index is 650. The minimum absolute atomic E-state index is 0.242. The van der Waals surface area contributed by atoms with Gasteiger partial charge in [0.25, 0.3) is 0 Å². The van der Waals surface area contributed by atoms with Gasteiger partial charge in [-0.05, 0) is 6.92 Å². The molecule has 1 heterocycles. The van der Waals surface area contributed by atoms with Gasteiger partial charge in [-0.1, -0.05) is 37.3 Å². The van der Waals surface area contributed by atoms with E-state index in [4.69, 9.17) is 9.15 Å². The van der Waals surface area contributed by atoms with Crippen LogP contribution in [0.25, 0.3) is 11.3 Å². The van der Waals surface area contributed by atoms with Crippen molar-refractivity contribution in [3.05, 3.63) is 47.2 Å². The van der Waals surface area contributed by atoms with Crippen LogP contribution in [0.3, 0.4) is 0 Å². The molecule has 0 unspecified atom stereocenters. The van der Waals surface area contributed by atoms with Crippen LogP contribution in [0.2, 0.25) is 0 Å². The summed E-state index contributed by atoms with van der Waals surface area (Å²) in [5.41, 5.74) is 1.26. The maximum Gasteiger partial charge on any atom is 0.343 e. The third kappa shape index (κ3) is 2.43. The molecule has 2 aromatic rings. The van der Waals surface area contributed by atoms with Crippen LogP contribution in [0.4, 0.5) is 0 Å². The first kappa shape index (κ1) is 13.9. The Kier molecular flexibility index (Phi) is 4.21. The highest BCUT2D eigenvalue weighted by Crippen LogP contribution is 2.32. The van der Waals surface area contributed by atoms with Crippen molar-refractivity contribution in [2.75, 3.05) is 6.61 Å². The van der Waals surface area contributed by atoms with Gasteiger partial charge in [0, 0.05) is 12.0 Å². The summed E-state index contributed by atoms with van der Waals surface area (Å²) in [5.74, 6) is 0.402. The zero-order valence-electron chi connectivity index (χ0n) is 11.5. The average molecular weight is 269 g/mol. The van der Waals surface area contributed by atoms with E-state index in [0.717, 1.165) is 5.56 Å². The van der Waals surface area contributed by atoms with Crippen LogP contribution in [0.15, 0.2) is 34.7 Å². The summed E-state index contributed by atoms with van der Waals surface area (Å²) in [6, 6.07) is 11.3. The van der Waals surface area contributed by atoms with E-state index >= 15 is 0 Å². The zero-order chi connectivity index (χ0) is 14.5. The molecule has 0 aliphatic rings. The molecular formula is C16H15NO3. The van der Waals surface area contributed by atoms with Crippen LogP contribution in [0.1, 0.15) is 35.5 Å². The van der Waals surface area contributed by atoms with Crippen molar-refractivity contribution >= 4 is 5.97 Å². The summed E-state index contributed by atoms with van der Waals surface area (Å²) in [6.45, 7) is 3.87. The van der Waals surface area contributed by atoms with Crippen LogP contribution < -0.4 is 0 Å². The molecule has 2 rings (SSSR count). The fraction of sp³-hybridized carbons (Fsp3) is 0.250. The van der Waals surface area contributed by atoms with E-state index in [9.17, 15) is 10.1 Å². The van der Waals surface area contributed by atoms with Crippen molar-refractivity contribution in [2.45, 2.75) is 20.3 Å². The molecule has 0 atom stereocenters. The van der Waals surface area contributed by atoms with Crippen molar-refractivity contribution < 1.29 is 13.9 Å². The quantitative estimate of drug-likeness (QED) is 0.796. The van der Waals surface area contributed by atoms with Gasteiger partial charge in [0.1, 0.15) is 23.0 Å². The predicted molar refractivity (Wildman–Crippen MR) is 74.2 cm³/mol. The summed E-state index contributed by atoms with van der Waals surface area (Å²) in [4.78, 5) is 12.0. The van der Waals surface area contributed by atoms with Crippen molar-refractivity contribution in [3.8, 4) is 17.4 Å². The number of nitrogens with zero attached hydrogens (tertiary/aromatic N) is 1. The topological polar surface area (TPSA) is 63.2 Å². The number of rotatable bonds is 4. The van der Waals surface area contributed by atoms with Gasteiger partial charge in [-0.3, -0.25) is 0 Å². The predicted octanol–water partition coefficient (Wildman–Crippen LogP) is 3.56. The minimum atomic E-state index is -0.508. The lowest BCUT2D eigenvalue weighted by Gasteiger charge is -2.00. The molecule has 0 aliphatic carbocycles. The van der Waals surface area contributed by atoms with Gasteiger partial charge in [0.2, 0.25) is 0 Å². The summed E-state index contributed by atoms with van der Waals surface area (Å²) in [7, 11) is 0. The van der Waals surface area contributed by atoms with Gasteiger partial charge < -0.3 is 9.15 Å². The van der Waals surface area contributed by atoms with Gasteiger partial charge in [-0.2, -0.15) is 5.26 Å². The number of benzene rings is 1. The summed E-state index contributed by atoms with van der Waals surface area (Å²) < 4.78 is 10.7. The number of nitriles is 1. The first-order valence-electron chi connectivity index (χ1n) is 6.51. The van der Waals surface area contributed by atoms with Crippen molar-refractivity contribution in [1.29, 1.82) is 5.26 Å². The molecule has 1 aromatic carbocycles. The Morgan fingerprint density at radius 2 is 2.00 bits per heavy atom. The van der Waals surface area contributed by atoms with Crippen molar-refractivity contribution in [3.63, 3.8) is 0 Å². The van der Waals surface area contributed by atoms with Gasteiger partial charge in [0.15, 0.2) is 5.76 Å². The Balaban J connectivity index is 2.61. The third-order valence-corrected chi connectivity index (χ3v) is 2.93. The Morgan fingerprint density at radius 3 is 2.55 bits per heavy atom. The lowest BCUT2D eigenvalue weighted by molar-refractivity contribution is 0.0523. The first-order chi connectivity index (χ1) is 9.72. The lowest BCUT2D eigenvalue weighted by Crippen LogP contribution is -2.07. The molecule has 0 aliphatic heterocycles. The van der Waals surface area contributed by atoms with Crippen LogP contribution in [0, 0.1) is 11.3 Å². The van der Waals surface area contributed by atoms with Crippen LogP contribution in [-0.2, 0) is 11.2 Å². The molecule has 0 radical (unpaired) electrons. The number of esters is 1. The molecule has 0 N–H and O–H groups in total. The van der Waals surface area contributed by atoms with Crippen LogP contribution >= 0.6 is 0 Å². The van der Waals surface area contributed by atoms with E-state index in [-0.39, 0.29) is 17.7 Å².